The van der Waals surface area contributed by atoms with E-state index in [0.29, 0.717) is 38.8 Å². The van der Waals surface area contributed by atoms with E-state index in [4.69, 9.17) is 40.1 Å². The van der Waals surface area contributed by atoms with Crippen LogP contribution in [0.25, 0.3) is 0 Å². The third-order valence-electron chi connectivity index (χ3n) is 7.70. The van der Waals surface area contributed by atoms with Crippen molar-refractivity contribution in [2.45, 2.75) is 32.0 Å². The summed E-state index contributed by atoms with van der Waals surface area (Å²) >= 11 is 18.6. The zero-order valence-electron chi connectivity index (χ0n) is 22.1. The number of pyridine rings is 1. The highest BCUT2D eigenvalue weighted by Crippen LogP contribution is 2.27. The van der Waals surface area contributed by atoms with E-state index in [1.165, 1.54) is 5.56 Å². The highest BCUT2D eigenvalue weighted by Gasteiger charge is 2.28. The summed E-state index contributed by atoms with van der Waals surface area (Å²) in [5.74, 6) is 0.474. The molecule has 2 fully saturated rings. The molecule has 3 aromatic rings. The van der Waals surface area contributed by atoms with Crippen molar-refractivity contribution in [1.29, 1.82) is 5.26 Å². The zero-order valence-corrected chi connectivity index (χ0v) is 24.4. The van der Waals surface area contributed by atoms with E-state index in [1.54, 1.807) is 24.4 Å². The highest BCUT2D eigenvalue weighted by atomic mass is 35.5. The fourth-order valence-electron chi connectivity index (χ4n) is 5.41. The summed E-state index contributed by atoms with van der Waals surface area (Å²) in [7, 11) is 0. The van der Waals surface area contributed by atoms with E-state index in [9.17, 15) is 4.79 Å². The molecular formula is C30H33Cl3N6O. The van der Waals surface area contributed by atoms with E-state index in [0.717, 1.165) is 70.0 Å². The number of likely N-dealkylation sites (tertiary alicyclic amines) is 1. The summed E-state index contributed by atoms with van der Waals surface area (Å²) in [5.41, 5.74) is 3.23. The average molecular weight is 600 g/mol. The second-order valence-corrected chi connectivity index (χ2v) is 11.5. The maximum Gasteiger partial charge on any atom is 0.253 e. The lowest BCUT2D eigenvalue weighted by Crippen LogP contribution is -2.53. The number of nitriles is 1. The fraction of sp³-hybridized carbons (Fsp3) is 0.367. The number of benzene rings is 2. The lowest BCUT2D eigenvalue weighted by atomic mass is 10.0. The Hall–Kier alpha value is -2.86. The normalized spacial score (nSPS) is 17.0. The second kappa shape index (κ2) is 13.2. The minimum Gasteiger partial charge on any atom is -0.353 e. The van der Waals surface area contributed by atoms with Crippen LogP contribution in [0.3, 0.4) is 0 Å². The molecule has 5 rings (SSSR count). The number of nitrogens with zero attached hydrogens (tertiary/aromatic N) is 5. The molecule has 0 atom stereocenters. The van der Waals surface area contributed by atoms with Crippen molar-refractivity contribution in [2.24, 2.45) is 0 Å². The van der Waals surface area contributed by atoms with Crippen LogP contribution in [0.1, 0.15) is 41.3 Å². The lowest BCUT2D eigenvalue weighted by molar-refractivity contribution is 0.0950. The largest absolute Gasteiger partial charge is 0.353 e. The number of piperazine rings is 1. The number of halogens is 3. The molecule has 0 spiro atoms. The van der Waals surface area contributed by atoms with E-state index in [2.05, 4.69) is 43.2 Å². The number of rotatable bonds is 7. The van der Waals surface area contributed by atoms with Gasteiger partial charge in [-0.25, -0.2) is 4.98 Å². The molecule has 7 nitrogen and oxygen atoms in total. The quantitative estimate of drug-likeness (QED) is 0.366. The van der Waals surface area contributed by atoms with Gasteiger partial charge in [-0.3, -0.25) is 14.6 Å². The van der Waals surface area contributed by atoms with Crippen molar-refractivity contribution in [3.8, 4) is 6.07 Å². The molecular weight excluding hydrogens is 567 g/mol. The SMILES string of the molecule is N#Cc1ccc(CN2CCC(N3CCN(c4ncc(C(=O)NCc5ccc(Cl)c(Cl)c5)cc4Cl)CC3)CC2)cc1.[HH]. The van der Waals surface area contributed by atoms with Gasteiger partial charge in [0.2, 0.25) is 0 Å². The Labute approximate surface area is 251 Å². The van der Waals surface area contributed by atoms with Crippen LogP contribution in [0.4, 0.5) is 5.82 Å². The number of piperidine rings is 1. The van der Waals surface area contributed by atoms with Crippen LogP contribution in [0.15, 0.2) is 54.7 Å². The number of hydrogen-bond donors (Lipinski definition) is 1. The summed E-state index contributed by atoms with van der Waals surface area (Å²) in [6.45, 7) is 7.03. The smallest absolute Gasteiger partial charge is 0.253 e. The van der Waals surface area contributed by atoms with Gasteiger partial charge in [0, 0.05) is 52.9 Å². The molecule has 2 aliphatic heterocycles. The number of anilines is 1. The van der Waals surface area contributed by atoms with Gasteiger partial charge >= 0.3 is 0 Å². The number of carbonyl (C=O) groups is 1. The van der Waals surface area contributed by atoms with E-state index < -0.39 is 0 Å². The number of hydrogen-bond acceptors (Lipinski definition) is 6. The minimum atomic E-state index is -0.248. The maximum atomic E-state index is 12.7. The molecule has 2 aromatic carbocycles. The van der Waals surface area contributed by atoms with Gasteiger partial charge in [0.05, 0.1) is 32.3 Å². The van der Waals surface area contributed by atoms with Gasteiger partial charge in [-0.1, -0.05) is 53.0 Å². The molecule has 2 saturated heterocycles. The molecule has 0 radical (unpaired) electrons. The Morgan fingerprint density at radius 3 is 2.27 bits per heavy atom. The van der Waals surface area contributed by atoms with Crippen LogP contribution < -0.4 is 10.2 Å². The fourth-order valence-corrected chi connectivity index (χ4v) is 6.01. The van der Waals surface area contributed by atoms with Gasteiger partial charge in [0.25, 0.3) is 5.91 Å². The van der Waals surface area contributed by atoms with E-state index >= 15 is 0 Å². The molecule has 3 heterocycles. The molecule has 0 aliphatic carbocycles. The van der Waals surface area contributed by atoms with Crippen LogP contribution in [0.5, 0.6) is 0 Å². The van der Waals surface area contributed by atoms with Crippen molar-refractivity contribution in [3.05, 3.63) is 92.0 Å². The molecule has 0 saturated carbocycles. The first-order valence-corrected chi connectivity index (χ1v) is 14.6. The number of aromatic nitrogens is 1. The lowest BCUT2D eigenvalue weighted by Gasteiger charge is -2.43. The van der Waals surface area contributed by atoms with Crippen LogP contribution in [-0.4, -0.2) is 66.0 Å². The molecule has 10 heteroatoms. The number of amides is 1. The van der Waals surface area contributed by atoms with Gasteiger partial charge in [0.1, 0.15) is 5.82 Å². The van der Waals surface area contributed by atoms with Gasteiger partial charge in [0.15, 0.2) is 0 Å². The van der Waals surface area contributed by atoms with Crippen LogP contribution in [0, 0.1) is 11.3 Å². The summed E-state index contributed by atoms with van der Waals surface area (Å²) < 4.78 is 0. The molecule has 0 unspecified atom stereocenters. The Bertz CT molecular complexity index is 1380. The van der Waals surface area contributed by atoms with Crippen LogP contribution >= 0.6 is 34.8 Å². The van der Waals surface area contributed by atoms with Crippen LogP contribution in [-0.2, 0) is 13.1 Å². The van der Waals surface area contributed by atoms with Gasteiger partial charge in [-0.2, -0.15) is 5.26 Å². The van der Waals surface area contributed by atoms with Crippen molar-refractivity contribution in [2.75, 3.05) is 44.2 Å². The first-order valence-electron chi connectivity index (χ1n) is 13.5. The van der Waals surface area contributed by atoms with E-state index in [1.807, 2.05) is 18.2 Å². The summed E-state index contributed by atoms with van der Waals surface area (Å²) in [5, 5.41) is 13.3. The van der Waals surface area contributed by atoms with E-state index in [-0.39, 0.29) is 7.33 Å². The van der Waals surface area contributed by atoms with Crippen molar-refractivity contribution in [3.63, 3.8) is 0 Å². The summed E-state index contributed by atoms with van der Waals surface area (Å²) in [6, 6.07) is 17.6. The highest BCUT2D eigenvalue weighted by molar-refractivity contribution is 6.42. The summed E-state index contributed by atoms with van der Waals surface area (Å²) in [6.07, 6.45) is 3.89. The van der Waals surface area contributed by atoms with Crippen molar-refractivity contribution < 1.29 is 6.22 Å². The third-order valence-corrected chi connectivity index (χ3v) is 8.71. The Morgan fingerprint density at radius 2 is 1.62 bits per heavy atom. The monoisotopic (exact) mass is 598 g/mol. The van der Waals surface area contributed by atoms with Gasteiger partial charge in [-0.05, 0) is 67.4 Å². The first-order chi connectivity index (χ1) is 19.4. The van der Waals surface area contributed by atoms with Gasteiger partial charge < -0.3 is 10.2 Å². The average Bonchev–Trinajstić information content (AvgIpc) is 2.98. The standard InChI is InChI=1S/C30H31Cl3N6O.H2/c31-26-6-5-23(15-27(26)32)18-36-30(40)24-16-28(33)29(35-19-24)39-13-11-38(12-14-39)25-7-9-37(10-8-25)20-22-3-1-21(17-34)2-4-22;/h1-6,15-16,19,25H,7-14,18,20H2,(H,36,40);1H. The molecule has 0 bridgehead atoms. The molecule has 210 valence electrons. The molecule has 1 aromatic heterocycles. The Morgan fingerprint density at radius 1 is 0.925 bits per heavy atom. The molecule has 40 heavy (non-hydrogen) atoms. The number of carbonyl (C=O) groups excluding carboxylic acids is 1. The van der Waals surface area contributed by atoms with Crippen LogP contribution in [0.2, 0.25) is 15.1 Å². The summed E-state index contributed by atoms with van der Waals surface area (Å²) in [4.78, 5) is 24.5. The second-order valence-electron chi connectivity index (χ2n) is 10.3. The predicted octanol–water partition coefficient (Wildman–Crippen LogP) is 5.88. The van der Waals surface area contributed by atoms with Gasteiger partial charge in [-0.15, -0.1) is 0 Å². The van der Waals surface area contributed by atoms with Crippen molar-refractivity contribution >= 4 is 46.5 Å². The molecule has 2 aliphatic rings. The molecule has 1 N–H and O–H groups in total. The third kappa shape index (κ3) is 7.06. The Kier molecular flexibility index (Phi) is 9.46. The zero-order chi connectivity index (χ0) is 28.1. The topological polar surface area (TPSA) is 75.5 Å². The van der Waals surface area contributed by atoms with Crippen molar-refractivity contribution in [1.82, 2.24) is 20.1 Å². The first kappa shape index (κ1) is 28.7. The number of nitrogens with one attached hydrogen (secondary N) is 1. The minimum absolute atomic E-state index is 0. The Balaban J connectivity index is 0.00000387. The maximum absolute atomic E-state index is 12.7. The predicted molar refractivity (Wildman–Crippen MR) is 162 cm³/mol. The molecule has 1 amide bonds.